The van der Waals surface area contributed by atoms with E-state index in [-0.39, 0.29) is 22.1 Å². The number of pyridine rings is 1. The molecule has 0 aliphatic heterocycles. The lowest BCUT2D eigenvalue weighted by atomic mass is 9.68. The summed E-state index contributed by atoms with van der Waals surface area (Å²) < 4.78 is 24.9. The SMILES string of the molecule is C=C1CCCC(C)(C)[C@@H]1CS(=O)(=O)c1ccccn1. The van der Waals surface area contributed by atoms with E-state index < -0.39 is 9.84 Å². The Morgan fingerprint density at radius 1 is 1.42 bits per heavy atom. The molecular weight excluding hydrogens is 258 g/mol. The molecule has 4 heteroatoms. The van der Waals surface area contributed by atoms with E-state index >= 15 is 0 Å². The van der Waals surface area contributed by atoms with E-state index in [9.17, 15) is 8.42 Å². The molecule has 1 heterocycles. The summed E-state index contributed by atoms with van der Waals surface area (Å²) in [6, 6.07) is 5.00. The van der Waals surface area contributed by atoms with Crippen LogP contribution in [0.25, 0.3) is 0 Å². The Morgan fingerprint density at radius 3 is 2.74 bits per heavy atom. The molecule has 0 spiro atoms. The fourth-order valence-corrected chi connectivity index (χ4v) is 4.66. The summed E-state index contributed by atoms with van der Waals surface area (Å²) in [5.41, 5.74) is 1.06. The van der Waals surface area contributed by atoms with Gasteiger partial charge in [0.25, 0.3) is 0 Å². The van der Waals surface area contributed by atoms with Gasteiger partial charge in [-0.3, -0.25) is 0 Å². The van der Waals surface area contributed by atoms with Crippen molar-refractivity contribution in [1.82, 2.24) is 4.98 Å². The molecule has 104 valence electrons. The van der Waals surface area contributed by atoms with Crippen molar-refractivity contribution in [2.45, 2.75) is 38.1 Å². The highest BCUT2D eigenvalue weighted by molar-refractivity contribution is 7.91. The number of nitrogens with zero attached hydrogens (tertiary/aromatic N) is 1. The molecule has 0 saturated heterocycles. The summed E-state index contributed by atoms with van der Waals surface area (Å²) in [7, 11) is -3.34. The van der Waals surface area contributed by atoms with Gasteiger partial charge in [0.05, 0.1) is 5.75 Å². The third kappa shape index (κ3) is 3.06. The molecule has 0 bridgehead atoms. The van der Waals surface area contributed by atoms with Gasteiger partial charge in [-0.05, 0) is 42.7 Å². The fourth-order valence-electron chi connectivity index (χ4n) is 2.85. The first-order valence-corrected chi connectivity index (χ1v) is 8.30. The van der Waals surface area contributed by atoms with Gasteiger partial charge in [-0.25, -0.2) is 13.4 Å². The highest BCUT2D eigenvalue weighted by Crippen LogP contribution is 2.44. The van der Waals surface area contributed by atoms with Crippen LogP contribution in [-0.4, -0.2) is 19.2 Å². The largest absolute Gasteiger partial charge is 0.245 e. The minimum absolute atomic E-state index is 0.00279. The number of allylic oxidation sites excluding steroid dienone is 1. The summed E-state index contributed by atoms with van der Waals surface area (Å²) in [6.07, 6.45) is 4.61. The monoisotopic (exact) mass is 279 g/mol. The molecule has 0 amide bonds. The van der Waals surface area contributed by atoms with E-state index in [2.05, 4.69) is 25.4 Å². The molecule has 19 heavy (non-hydrogen) atoms. The van der Waals surface area contributed by atoms with Crippen LogP contribution in [0.5, 0.6) is 0 Å². The van der Waals surface area contributed by atoms with Gasteiger partial charge in [0.1, 0.15) is 0 Å². The second-order valence-electron chi connectivity index (χ2n) is 6.00. The number of aromatic nitrogens is 1. The molecule has 1 aromatic rings. The molecule has 2 rings (SSSR count). The van der Waals surface area contributed by atoms with Gasteiger partial charge in [-0.2, -0.15) is 0 Å². The van der Waals surface area contributed by atoms with E-state index in [1.165, 1.54) is 6.20 Å². The van der Waals surface area contributed by atoms with Gasteiger partial charge in [0.15, 0.2) is 14.9 Å². The van der Waals surface area contributed by atoms with Crippen LogP contribution in [0.1, 0.15) is 33.1 Å². The van der Waals surface area contributed by atoms with Crippen molar-refractivity contribution in [2.24, 2.45) is 11.3 Å². The molecule has 0 aromatic carbocycles. The summed E-state index contributed by atoms with van der Waals surface area (Å²) in [5.74, 6) is 0.142. The predicted molar refractivity (Wildman–Crippen MR) is 76.6 cm³/mol. The quantitative estimate of drug-likeness (QED) is 0.798. The van der Waals surface area contributed by atoms with Crippen LogP contribution in [0.3, 0.4) is 0 Å². The van der Waals surface area contributed by atoms with E-state index in [0.29, 0.717) is 0 Å². The molecule has 3 nitrogen and oxygen atoms in total. The maximum Gasteiger partial charge on any atom is 0.196 e. The molecule has 1 aromatic heterocycles. The first kappa shape index (κ1) is 14.3. The third-order valence-corrected chi connectivity index (χ3v) is 5.75. The lowest BCUT2D eigenvalue weighted by Gasteiger charge is -2.40. The van der Waals surface area contributed by atoms with Gasteiger partial charge in [0.2, 0.25) is 0 Å². The lowest BCUT2D eigenvalue weighted by Crippen LogP contribution is -2.34. The van der Waals surface area contributed by atoms with Crippen LogP contribution in [0.15, 0.2) is 41.6 Å². The zero-order valence-corrected chi connectivity index (χ0v) is 12.4. The Labute approximate surface area is 115 Å². The van der Waals surface area contributed by atoms with E-state index in [1.807, 2.05) is 0 Å². The van der Waals surface area contributed by atoms with Gasteiger partial charge in [-0.1, -0.05) is 32.1 Å². The molecule has 0 radical (unpaired) electrons. The van der Waals surface area contributed by atoms with E-state index in [0.717, 1.165) is 24.8 Å². The van der Waals surface area contributed by atoms with Gasteiger partial charge < -0.3 is 0 Å². The zero-order chi connectivity index (χ0) is 14.1. The highest BCUT2D eigenvalue weighted by Gasteiger charge is 2.38. The normalized spacial score (nSPS) is 23.3. The first-order valence-electron chi connectivity index (χ1n) is 6.64. The molecule has 1 fully saturated rings. The zero-order valence-electron chi connectivity index (χ0n) is 11.6. The van der Waals surface area contributed by atoms with Crippen molar-refractivity contribution in [3.8, 4) is 0 Å². The number of hydrogen-bond donors (Lipinski definition) is 0. The van der Waals surface area contributed by atoms with Crippen LogP contribution in [0.2, 0.25) is 0 Å². The number of hydrogen-bond acceptors (Lipinski definition) is 3. The van der Waals surface area contributed by atoms with Crippen LogP contribution in [0, 0.1) is 11.3 Å². The average molecular weight is 279 g/mol. The highest BCUT2D eigenvalue weighted by atomic mass is 32.2. The van der Waals surface area contributed by atoms with Crippen molar-refractivity contribution in [1.29, 1.82) is 0 Å². The molecule has 0 N–H and O–H groups in total. The third-order valence-electron chi connectivity index (χ3n) is 4.10. The molecule has 1 aliphatic rings. The van der Waals surface area contributed by atoms with E-state index in [4.69, 9.17) is 0 Å². The maximum atomic E-state index is 12.4. The minimum atomic E-state index is -3.34. The Hall–Kier alpha value is -1.16. The Morgan fingerprint density at radius 2 is 2.16 bits per heavy atom. The molecule has 1 atom stereocenters. The van der Waals surface area contributed by atoms with Crippen molar-refractivity contribution in [3.63, 3.8) is 0 Å². The van der Waals surface area contributed by atoms with Crippen molar-refractivity contribution < 1.29 is 8.42 Å². The lowest BCUT2D eigenvalue weighted by molar-refractivity contribution is 0.207. The standard InChI is InChI=1S/C15H21NO2S/c1-12-7-6-9-15(2,3)13(12)11-19(17,18)14-8-4-5-10-16-14/h4-5,8,10,13H,1,6-7,9,11H2,2-3H3/t13-/m1/s1. The Balaban J connectivity index is 2.27. The molecule has 1 saturated carbocycles. The van der Waals surface area contributed by atoms with Crippen molar-refractivity contribution in [2.75, 3.05) is 5.75 Å². The summed E-state index contributed by atoms with van der Waals surface area (Å²) >= 11 is 0. The van der Waals surface area contributed by atoms with E-state index in [1.54, 1.807) is 18.2 Å². The smallest absolute Gasteiger partial charge is 0.196 e. The van der Waals surface area contributed by atoms with Crippen LogP contribution >= 0.6 is 0 Å². The summed E-state index contributed by atoms with van der Waals surface area (Å²) in [6.45, 7) is 8.35. The fraction of sp³-hybridized carbons (Fsp3) is 0.533. The molecule has 1 aliphatic carbocycles. The van der Waals surface area contributed by atoms with Crippen LogP contribution in [-0.2, 0) is 9.84 Å². The summed E-state index contributed by atoms with van der Waals surface area (Å²) in [4.78, 5) is 3.97. The van der Waals surface area contributed by atoms with Crippen molar-refractivity contribution in [3.05, 3.63) is 36.5 Å². The van der Waals surface area contributed by atoms with Crippen molar-refractivity contribution >= 4 is 9.84 Å². The summed E-state index contributed by atoms with van der Waals surface area (Å²) in [5, 5.41) is 0.171. The second kappa shape index (κ2) is 5.08. The first-order chi connectivity index (χ1) is 8.83. The minimum Gasteiger partial charge on any atom is -0.245 e. The number of rotatable bonds is 3. The molecular formula is C15H21NO2S. The van der Waals surface area contributed by atoms with Crippen LogP contribution in [0.4, 0.5) is 0 Å². The average Bonchev–Trinajstić information content (AvgIpc) is 2.35. The molecule has 0 unspecified atom stereocenters. The number of sulfone groups is 1. The predicted octanol–water partition coefficient (Wildman–Crippen LogP) is 3.24. The topological polar surface area (TPSA) is 47.0 Å². The van der Waals surface area contributed by atoms with Gasteiger partial charge in [-0.15, -0.1) is 0 Å². The van der Waals surface area contributed by atoms with Crippen LogP contribution < -0.4 is 0 Å². The van der Waals surface area contributed by atoms with Gasteiger partial charge >= 0.3 is 0 Å². The maximum absolute atomic E-state index is 12.4. The Bertz CT molecular complexity index is 561. The Kier molecular flexibility index (Phi) is 3.81. The van der Waals surface area contributed by atoms with Gasteiger partial charge in [0, 0.05) is 6.20 Å². The second-order valence-corrected chi connectivity index (χ2v) is 7.98.